The minimum absolute atomic E-state index is 0. The van der Waals surface area contributed by atoms with Crippen molar-refractivity contribution in [2.75, 3.05) is 32.7 Å². The first kappa shape index (κ1) is 36.6. The summed E-state index contributed by atoms with van der Waals surface area (Å²) in [6, 6.07) is 62.1. The van der Waals surface area contributed by atoms with Gasteiger partial charge in [0.2, 0.25) is 5.82 Å². The van der Waals surface area contributed by atoms with E-state index in [-0.39, 0.29) is 21.1 Å². The molecule has 9 heteroatoms. The van der Waals surface area contributed by atoms with Gasteiger partial charge in [-0.2, -0.15) is 36.2 Å². The molecule has 6 aromatic carbocycles. The van der Waals surface area contributed by atoms with Crippen LogP contribution in [-0.4, -0.2) is 22.9 Å². The Balaban J connectivity index is 0.00000465. The summed E-state index contributed by atoms with van der Waals surface area (Å²) in [5, 5.41) is 10.1. The van der Waals surface area contributed by atoms with Crippen molar-refractivity contribution in [1.82, 2.24) is 9.80 Å². The Bertz CT molecular complexity index is 2110. The number of hydrogen-bond acceptors (Lipinski definition) is 7. The van der Waals surface area contributed by atoms with Gasteiger partial charge >= 0.3 is 21.1 Å². The van der Waals surface area contributed by atoms with E-state index >= 15 is 0 Å². The number of nitriles is 1. The molecule has 0 bridgehead atoms. The summed E-state index contributed by atoms with van der Waals surface area (Å²) in [7, 11) is 0. The third kappa shape index (κ3) is 7.97. The zero-order valence-electron chi connectivity index (χ0n) is 29.6. The van der Waals surface area contributed by atoms with E-state index in [0.717, 1.165) is 45.5 Å². The van der Waals surface area contributed by atoms with Crippen molar-refractivity contribution in [3.05, 3.63) is 219 Å². The Morgan fingerprint density at radius 2 is 0.964 bits per heavy atom. The van der Waals surface area contributed by atoms with Crippen LogP contribution < -0.4 is 19.6 Å². The van der Waals surface area contributed by atoms with Crippen molar-refractivity contribution in [1.29, 1.82) is 5.26 Å². The van der Waals surface area contributed by atoms with Gasteiger partial charge in [0, 0.05) is 35.5 Å². The molecule has 0 N–H and O–H groups in total. The molecule has 0 aromatic heterocycles. The second kappa shape index (κ2) is 16.9. The van der Waals surface area contributed by atoms with Crippen LogP contribution in [-0.2, 0) is 21.1 Å². The smallest absolute Gasteiger partial charge is 0.499 e. The Kier molecular flexibility index (Phi) is 11.3. The van der Waals surface area contributed by atoms with Gasteiger partial charge in [-0.3, -0.25) is 0 Å². The van der Waals surface area contributed by atoms with E-state index in [9.17, 15) is 5.26 Å². The number of anilines is 8. The van der Waals surface area contributed by atoms with Gasteiger partial charge in [0.15, 0.2) is 0 Å². The topological polar surface area (TPSA) is 47.6 Å². The molecule has 0 spiro atoms. The van der Waals surface area contributed by atoms with Crippen LogP contribution in [0.25, 0.3) is 4.85 Å². The molecule has 0 saturated heterocycles. The van der Waals surface area contributed by atoms with Crippen LogP contribution in [0, 0.1) is 43.4 Å². The summed E-state index contributed by atoms with van der Waals surface area (Å²) >= 11 is 0. The van der Waals surface area contributed by atoms with E-state index in [2.05, 4.69) is 93.5 Å². The van der Waals surface area contributed by atoms with Crippen molar-refractivity contribution in [2.45, 2.75) is 0 Å². The minimum atomic E-state index is 0. The predicted molar refractivity (Wildman–Crippen MR) is 215 cm³/mol. The standard InChI is InChI=1S/C46H34N8.Pt/c1-48-46-34-52(42-25-15-27-44(31-42)54(39-20-10-4-11-21-39)40-22-12-5-13-23-40)36-50(46)29-28-49-35-51(33-45(49)32-47)41-24-14-26-43(30-41)53(37-16-6-2-7-17-37)38-18-8-3-9-19-38;/h2-23,26-27,30-31,33-36H,28-29H2;/q-4;+4. The molecule has 2 aliphatic rings. The Morgan fingerprint density at radius 3 is 1.38 bits per heavy atom. The van der Waals surface area contributed by atoms with Crippen LogP contribution >= 0.6 is 0 Å². The number of rotatable bonds is 11. The van der Waals surface area contributed by atoms with Gasteiger partial charge in [-0.1, -0.05) is 97.4 Å². The van der Waals surface area contributed by atoms with Crippen LogP contribution in [0.1, 0.15) is 0 Å². The van der Waals surface area contributed by atoms with Gasteiger partial charge in [0.05, 0.1) is 6.54 Å². The summed E-state index contributed by atoms with van der Waals surface area (Å²) in [6.45, 7) is 12.7. The molecule has 8 rings (SSSR count). The quantitative estimate of drug-likeness (QED) is 0.120. The van der Waals surface area contributed by atoms with Crippen molar-refractivity contribution in [3.63, 3.8) is 0 Å². The average Bonchev–Trinajstić information content (AvgIpc) is 3.86. The maximum absolute atomic E-state index is 10.1. The first-order valence-corrected chi connectivity index (χ1v) is 17.5. The number of nitrogens with zero attached hydrogens (tertiary/aromatic N) is 8. The van der Waals surface area contributed by atoms with E-state index in [4.69, 9.17) is 6.57 Å². The van der Waals surface area contributed by atoms with Crippen molar-refractivity contribution < 1.29 is 21.1 Å². The molecule has 2 heterocycles. The molecule has 0 unspecified atom stereocenters. The SMILES string of the molecule is [C-]#[N+]C1=CN(c2[c-]ccc(N(c3ccccc3)c3ccccc3)c2)[CH-]N1CCN1[CH-]N(c2[c-]ccc(N(c3ccccc3)c3ccccc3)c2)C=C1C#N.[Pt+4]. The molecular formula is C46H34N8Pt. The number of para-hydroxylation sites is 4. The molecule has 0 radical (unpaired) electrons. The fraction of sp³-hybridized carbons (Fsp3) is 0.0435. The Labute approximate surface area is 337 Å². The van der Waals surface area contributed by atoms with Gasteiger partial charge < -0.3 is 34.2 Å². The minimum Gasteiger partial charge on any atom is -0.499 e. The van der Waals surface area contributed by atoms with Gasteiger partial charge in [0.1, 0.15) is 11.8 Å². The van der Waals surface area contributed by atoms with Crippen LogP contribution in [0.3, 0.4) is 0 Å². The van der Waals surface area contributed by atoms with Gasteiger partial charge in [-0.25, -0.2) is 0 Å². The summed E-state index contributed by atoms with van der Waals surface area (Å²) < 4.78 is 0. The fourth-order valence-electron chi connectivity index (χ4n) is 6.57. The zero-order valence-corrected chi connectivity index (χ0v) is 31.9. The molecular weight excluding hydrogens is 860 g/mol. The van der Waals surface area contributed by atoms with Crippen molar-refractivity contribution in [3.8, 4) is 6.07 Å². The molecule has 0 amide bonds. The summed E-state index contributed by atoms with van der Waals surface area (Å²) in [5.74, 6) is 0.485. The molecule has 2 aliphatic heterocycles. The van der Waals surface area contributed by atoms with Gasteiger partial charge in [-0.15, -0.1) is 35.6 Å². The van der Waals surface area contributed by atoms with Crippen LogP contribution in [0.15, 0.2) is 182 Å². The first-order chi connectivity index (χ1) is 26.7. The van der Waals surface area contributed by atoms with Gasteiger partial charge in [-0.05, 0) is 54.7 Å². The monoisotopic (exact) mass is 893 g/mol. The normalized spacial score (nSPS) is 13.3. The van der Waals surface area contributed by atoms with Crippen LogP contribution in [0.4, 0.5) is 45.5 Å². The third-order valence-electron chi connectivity index (χ3n) is 9.13. The summed E-state index contributed by atoms with van der Waals surface area (Å²) in [4.78, 5) is 15.9. The average molecular weight is 894 g/mol. The first-order valence-electron chi connectivity index (χ1n) is 17.5. The van der Waals surface area contributed by atoms with Crippen molar-refractivity contribution >= 4 is 45.5 Å². The third-order valence-corrected chi connectivity index (χ3v) is 9.13. The zero-order chi connectivity index (χ0) is 36.7. The van der Waals surface area contributed by atoms with E-state index < -0.39 is 0 Å². The molecule has 0 fully saturated rings. The van der Waals surface area contributed by atoms with Crippen LogP contribution in [0.5, 0.6) is 0 Å². The fourth-order valence-corrected chi connectivity index (χ4v) is 6.57. The molecule has 268 valence electrons. The maximum Gasteiger partial charge on any atom is 4.00 e. The predicted octanol–water partition coefficient (Wildman–Crippen LogP) is 10.5. The van der Waals surface area contributed by atoms with Crippen molar-refractivity contribution in [2.24, 2.45) is 0 Å². The molecule has 0 atom stereocenters. The molecule has 0 saturated carbocycles. The molecule has 6 aromatic rings. The number of benzene rings is 6. The molecule has 0 aliphatic carbocycles. The van der Waals surface area contributed by atoms with E-state index in [1.54, 1.807) is 0 Å². The molecule has 8 nitrogen and oxygen atoms in total. The van der Waals surface area contributed by atoms with E-state index in [1.807, 2.05) is 142 Å². The van der Waals surface area contributed by atoms with Crippen LogP contribution in [0.2, 0.25) is 0 Å². The Hall–Kier alpha value is -6.73. The molecule has 55 heavy (non-hydrogen) atoms. The largest absolute Gasteiger partial charge is 4.00 e. The summed E-state index contributed by atoms with van der Waals surface area (Å²) in [5.41, 5.74) is 8.20. The van der Waals surface area contributed by atoms with E-state index in [0.29, 0.717) is 24.6 Å². The number of allylic oxidation sites excluding steroid dienone is 1. The summed E-state index contributed by atoms with van der Waals surface area (Å²) in [6.07, 6.45) is 3.65. The Morgan fingerprint density at radius 1 is 0.564 bits per heavy atom. The van der Waals surface area contributed by atoms with E-state index in [1.165, 1.54) is 0 Å². The second-order valence-corrected chi connectivity index (χ2v) is 12.5. The number of hydrogen-bond donors (Lipinski definition) is 0. The second-order valence-electron chi connectivity index (χ2n) is 12.5. The maximum atomic E-state index is 10.1. The van der Waals surface area contributed by atoms with Gasteiger partial charge in [0.25, 0.3) is 0 Å².